The molecule has 0 heterocycles. The lowest BCUT2D eigenvalue weighted by Gasteiger charge is -2.18. The monoisotopic (exact) mass is 198 g/mol. The van der Waals surface area contributed by atoms with Crippen molar-refractivity contribution in [1.82, 2.24) is 0 Å². The van der Waals surface area contributed by atoms with Gasteiger partial charge in [-0.1, -0.05) is 42.0 Å². The number of hydrogen-bond acceptors (Lipinski definition) is 0. The van der Waals surface area contributed by atoms with Crippen molar-refractivity contribution in [2.75, 3.05) is 0 Å². The first kappa shape index (κ1) is 9.21. The Morgan fingerprint density at radius 1 is 1.07 bits per heavy atom. The first-order valence-electron chi connectivity index (χ1n) is 6.13. The van der Waals surface area contributed by atoms with Crippen LogP contribution in [0.4, 0.5) is 0 Å². The van der Waals surface area contributed by atoms with Crippen molar-refractivity contribution in [3.8, 4) is 0 Å². The van der Waals surface area contributed by atoms with Crippen LogP contribution in [-0.2, 0) is 6.42 Å². The van der Waals surface area contributed by atoms with Gasteiger partial charge in [-0.3, -0.25) is 0 Å². The van der Waals surface area contributed by atoms with E-state index in [9.17, 15) is 0 Å². The van der Waals surface area contributed by atoms with Crippen molar-refractivity contribution in [1.29, 1.82) is 0 Å². The fourth-order valence-corrected chi connectivity index (χ4v) is 3.19. The summed E-state index contributed by atoms with van der Waals surface area (Å²) in [5.74, 6) is 1.99. The summed E-state index contributed by atoms with van der Waals surface area (Å²) in [5.41, 5.74) is 3.26. The molecule has 0 amide bonds. The van der Waals surface area contributed by atoms with E-state index in [1.165, 1.54) is 37.7 Å². The van der Waals surface area contributed by atoms with Crippen molar-refractivity contribution < 1.29 is 0 Å². The van der Waals surface area contributed by atoms with Gasteiger partial charge in [0.05, 0.1) is 0 Å². The molecule has 0 radical (unpaired) electrons. The first-order chi connectivity index (χ1) is 7.42. The topological polar surface area (TPSA) is 0 Å². The highest BCUT2D eigenvalue weighted by molar-refractivity contribution is 5.19. The van der Waals surface area contributed by atoms with E-state index in [1.54, 1.807) is 5.57 Å². The maximum atomic E-state index is 2.48. The standard InChI is InChI=1S/C15H18/c1-2-4-12(5-3-1)6-8-14-10-13-7-9-15(14)11-13/h1-5,7,14-15H,6,8-11H2. The van der Waals surface area contributed by atoms with Gasteiger partial charge in [0.15, 0.2) is 0 Å². The molecule has 0 aliphatic heterocycles. The molecule has 2 bridgehead atoms. The molecule has 1 aromatic carbocycles. The summed E-state index contributed by atoms with van der Waals surface area (Å²) in [4.78, 5) is 0. The first-order valence-corrected chi connectivity index (χ1v) is 6.13. The van der Waals surface area contributed by atoms with Crippen LogP contribution in [0, 0.1) is 11.8 Å². The molecule has 1 aromatic rings. The normalized spacial score (nSPS) is 28.1. The third kappa shape index (κ3) is 1.86. The van der Waals surface area contributed by atoms with Crippen molar-refractivity contribution in [2.45, 2.75) is 32.1 Å². The summed E-state index contributed by atoms with van der Waals surface area (Å²) >= 11 is 0. The predicted octanol–water partition coefficient (Wildman–Crippen LogP) is 3.98. The number of benzene rings is 1. The maximum Gasteiger partial charge on any atom is -0.0276 e. The number of fused-ring (bicyclic) bond motifs is 2. The number of rotatable bonds is 3. The Hall–Kier alpha value is -1.04. The number of aryl methyl sites for hydroxylation is 1. The Labute approximate surface area is 92.0 Å². The minimum atomic E-state index is 0.991. The van der Waals surface area contributed by atoms with E-state index in [-0.39, 0.29) is 0 Å². The summed E-state index contributed by atoms with van der Waals surface area (Å²) < 4.78 is 0. The minimum Gasteiger partial charge on any atom is -0.0850 e. The van der Waals surface area contributed by atoms with Gasteiger partial charge >= 0.3 is 0 Å². The van der Waals surface area contributed by atoms with Crippen molar-refractivity contribution in [2.24, 2.45) is 11.8 Å². The van der Waals surface area contributed by atoms with Gasteiger partial charge in [0.25, 0.3) is 0 Å². The molecule has 2 aliphatic carbocycles. The largest absolute Gasteiger partial charge is 0.0850 e. The number of hydrogen-bond donors (Lipinski definition) is 0. The lowest BCUT2D eigenvalue weighted by Crippen LogP contribution is -2.08. The van der Waals surface area contributed by atoms with E-state index < -0.39 is 0 Å². The highest BCUT2D eigenvalue weighted by Crippen LogP contribution is 2.45. The zero-order chi connectivity index (χ0) is 10.1. The van der Waals surface area contributed by atoms with Crippen molar-refractivity contribution >= 4 is 0 Å². The summed E-state index contributed by atoms with van der Waals surface area (Å²) in [5, 5.41) is 0. The zero-order valence-corrected chi connectivity index (χ0v) is 9.15. The Bertz CT molecular complexity index is 361. The summed E-state index contributed by atoms with van der Waals surface area (Å²) in [7, 11) is 0. The quantitative estimate of drug-likeness (QED) is 0.644. The van der Waals surface area contributed by atoms with Gasteiger partial charge < -0.3 is 0 Å². The zero-order valence-electron chi connectivity index (χ0n) is 9.15. The smallest absolute Gasteiger partial charge is 0.0276 e. The molecule has 0 N–H and O–H groups in total. The molecule has 2 atom stereocenters. The molecule has 2 unspecified atom stereocenters. The fraction of sp³-hybridized carbons (Fsp3) is 0.467. The summed E-state index contributed by atoms with van der Waals surface area (Å²) in [6.45, 7) is 0. The van der Waals surface area contributed by atoms with Gasteiger partial charge in [0.2, 0.25) is 0 Å². The van der Waals surface area contributed by atoms with Crippen molar-refractivity contribution in [3.63, 3.8) is 0 Å². The van der Waals surface area contributed by atoms with Crippen LogP contribution in [0.5, 0.6) is 0 Å². The molecule has 0 saturated heterocycles. The highest BCUT2D eigenvalue weighted by Gasteiger charge is 2.33. The van der Waals surface area contributed by atoms with Crippen LogP contribution in [-0.4, -0.2) is 0 Å². The SMILES string of the molecule is C1=C2CC(C1)C(CCc1ccccc1)C2. The number of allylic oxidation sites excluding steroid dienone is 2. The van der Waals surface area contributed by atoms with E-state index in [2.05, 4.69) is 36.4 Å². The molecule has 0 aromatic heterocycles. The summed E-state index contributed by atoms with van der Waals surface area (Å²) in [6.07, 6.45) is 9.33. The van der Waals surface area contributed by atoms with Crippen LogP contribution < -0.4 is 0 Å². The molecule has 0 nitrogen and oxygen atoms in total. The van der Waals surface area contributed by atoms with E-state index in [0.717, 1.165) is 11.8 Å². The molecule has 1 fully saturated rings. The second-order valence-electron chi connectivity index (χ2n) is 5.05. The van der Waals surface area contributed by atoms with Gasteiger partial charge in [-0.25, -0.2) is 0 Å². The van der Waals surface area contributed by atoms with Gasteiger partial charge in [-0.05, 0) is 49.5 Å². The molecule has 3 rings (SSSR count). The van der Waals surface area contributed by atoms with Crippen LogP contribution in [0.1, 0.15) is 31.2 Å². The second-order valence-corrected chi connectivity index (χ2v) is 5.05. The average Bonchev–Trinajstić information content (AvgIpc) is 2.89. The van der Waals surface area contributed by atoms with E-state index in [0.29, 0.717) is 0 Å². The van der Waals surface area contributed by atoms with Crippen LogP contribution in [0.15, 0.2) is 42.0 Å². The van der Waals surface area contributed by atoms with Crippen LogP contribution in [0.2, 0.25) is 0 Å². The second kappa shape index (κ2) is 3.84. The van der Waals surface area contributed by atoms with Crippen molar-refractivity contribution in [3.05, 3.63) is 47.5 Å². The third-order valence-corrected chi connectivity index (χ3v) is 4.07. The molecule has 2 aliphatic rings. The van der Waals surface area contributed by atoms with Crippen LogP contribution >= 0.6 is 0 Å². The molecule has 0 heteroatoms. The fourth-order valence-electron chi connectivity index (χ4n) is 3.19. The molecule has 1 saturated carbocycles. The van der Waals surface area contributed by atoms with Crippen LogP contribution in [0.25, 0.3) is 0 Å². The molecule has 78 valence electrons. The lowest BCUT2D eigenvalue weighted by molar-refractivity contribution is 0.366. The van der Waals surface area contributed by atoms with Gasteiger partial charge in [-0.2, -0.15) is 0 Å². The van der Waals surface area contributed by atoms with E-state index in [1.807, 2.05) is 0 Å². The van der Waals surface area contributed by atoms with Gasteiger partial charge in [0.1, 0.15) is 0 Å². The Balaban J connectivity index is 1.57. The minimum absolute atomic E-state index is 0.991. The molecule has 0 spiro atoms. The average molecular weight is 198 g/mol. The molecular formula is C15H18. The molecular weight excluding hydrogens is 180 g/mol. The van der Waals surface area contributed by atoms with Gasteiger partial charge in [-0.15, -0.1) is 0 Å². The lowest BCUT2D eigenvalue weighted by atomic mass is 9.87. The van der Waals surface area contributed by atoms with Crippen LogP contribution in [0.3, 0.4) is 0 Å². The van der Waals surface area contributed by atoms with E-state index >= 15 is 0 Å². The highest BCUT2D eigenvalue weighted by atomic mass is 14.4. The third-order valence-electron chi connectivity index (χ3n) is 4.07. The summed E-state index contributed by atoms with van der Waals surface area (Å²) in [6, 6.07) is 10.9. The van der Waals surface area contributed by atoms with Gasteiger partial charge in [0, 0.05) is 0 Å². The predicted molar refractivity (Wildman–Crippen MR) is 63.7 cm³/mol. The Kier molecular flexibility index (Phi) is 2.36. The molecule has 15 heavy (non-hydrogen) atoms. The van der Waals surface area contributed by atoms with E-state index in [4.69, 9.17) is 0 Å². The Morgan fingerprint density at radius 3 is 2.60 bits per heavy atom. The Morgan fingerprint density at radius 2 is 1.93 bits per heavy atom. The maximum absolute atomic E-state index is 2.48.